The van der Waals surface area contributed by atoms with Gasteiger partial charge in [-0.2, -0.15) is 9.82 Å². The first-order chi connectivity index (χ1) is 12.7. The van der Waals surface area contributed by atoms with Crippen LogP contribution in [0.25, 0.3) is 0 Å². The summed E-state index contributed by atoms with van der Waals surface area (Å²) in [6.45, 7) is 3.39. The fourth-order valence-electron chi connectivity index (χ4n) is 2.23. The van der Waals surface area contributed by atoms with Gasteiger partial charge < -0.3 is 0 Å². The van der Waals surface area contributed by atoms with Crippen molar-refractivity contribution in [1.82, 2.24) is 25.4 Å². The molecule has 0 aliphatic carbocycles. The second-order valence-corrected chi connectivity index (χ2v) is 7.41. The lowest BCUT2D eigenvalue weighted by Gasteiger charge is -2.10. The molecule has 27 heavy (non-hydrogen) atoms. The number of benzene rings is 1. The summed E-state index contributed by atoms with van der Waals surface area (Å²) in [5.41, 5.74) is 6.16. The SMILES string of the molecule is C#CCNS(=O)(=O)c1cccc(C(=O)NNC(=O)Cn2nc(C)cc2C)c1. The third kappa shape index (κ3) is 5.40. The highest BCUT2D eigenvalue weighted by molar-refractivity contribution is 7.89. The van der Waals surface area contributed by atoms with Gasteiger partial charge in [0, 0.05) is 11.3 Å². The Bertz CT molecular complexity index is 1000. The number of aryl methyl sites for hydroxylation is 2. The van der Waals surface area contributed by atoms with Crippen molar-refractivity contribution in [3.63, 3.8) is 0 Å². The number of carbonyl (C=O) groups excluding carboxylic acids is 2. The molecule has 0 unspecified atom stereocenters. The zero-order chi connectivity index (χ0) is 20.0. The minimum absolute atomic E-state index is 0.0602. The van der Waals surface area contributed by atoms with Crippen LogP contribution in [0.4, 0.5) is 0 Å². The number of hydrogen-bond donors (Lipinski definition) is 3. The van der Waals surface area contributed by atoms with Gasteiger partial charge in [0.2, 0.25) is 10.0 Å². The molecule has 0 bridgehead atoms. The van der Waals surface area contributed by atoms with Crippen molar-refractivity contribution in [2.45, 2.75) is 25.3 Å². The topological polar surface area (TPSA) is 122 Å². The van der Waals surface area contributed by atoms with E-state index in [2.05, 4.69) is 26.6 Å². The van der Waals surface area contributed by atoms with Crippen LogP contribution < -0.4 is 15.6 Å². The third-order valence-corrected chi connectivity index (χ3v) is 4.88. The van der Waals surface area contributed by atoms with Gasteiger partial charge in [-0.05, 0) is 38.1 Å². The molecule has 3 N–H and O–H groups in total. The molecular weight excluding hydrogens is 370 g/mol. The van der Waals surface area contributed by atoms with E-state index < -0.39 is 21.8 Å². The summed E-state index contributed by atoms with van der Waals surface area (Å²) in [7, 11) is -3.82. The fraction of sp³-hybridized carbons (Fsp3) is 0.235. The number of amides is 2. The van der Waals surface area contributed by atoms with Crippen LogP contribution >= 0.6 is 0 Å². The van der Waals surface area contributed by atoms with Crippen molar-refractivity contribution in [1.29, 1.82) is 0 Å². The number of sulfonamides is 1. The molecule has 0 aliphatic rings. The van der Waals surface area contributed by atoms with Gasteiger partial charge in [-0.15, -0.1) is 6.42 Å². The molecule has 0 aliphatic heterocycles. The molecular formula is C17H19N5O4S. The predicted octanol–water partition coefficient (Wildman–Crippen LogP) is -0.127. The zero-order valence-corrected chi connectivity index (χ0v) is 15.6. The van der Waals surface area contributed by atoms with Crippen molar-refractivity contribution in [3.05, 3.63) is 47.3 Å². The Morgan fingerprint density at radius 3 is 2.59 bits per heavy atom. The molecule has 0 saturated heterocycles. The number of aromatic nitrogens is 2. The minimum Gasteiger partial charge on any atom is -0.271 e. The van der Waals surface area contributed by atoms with Crippen LogP contribution in [0.2, 0.25) is 0 Å². The standard InChI is InChI=1S/C17H19N5O4S/c1-4-8-18-27(25,26)15-7-5-6-14(10-15)17(24)20-19-16(23)11-22-13(3)9-12(2)21-22/h1,5-7,9-10,18H,8,11H2,2-3H3,(H,19,23)(H,20,24). The van der Waals surface area contributed by atoms with Gasteiger partial charge in [-0.3, -0.25) is 25.1 Å². The molecule has 9 nitrogen and oxygen atoms in total. The highest BCUT2D eigenvalue weighted by Crippen LogP contribution is 2.11. The summed E-state index contributed by atoms with van der Waals surface area (Å²) >= 11 is 0. The van der Waals surface area contributed by atoms with E-state index in [0.717, 1.165) is 11.4 Å². The Balaban J connectivity index is 2.00. The number of nitrogens with one attached hydrogen (secondary N) is 3. The molecule has 2 aromatic rings. The van der Waals surface area contributed by atoms with Gasteiger partial charge in [-0.25, -0.2) is 8.42 Å². The number of rotatable bonds is 6. The van der Waals surface area contributed by atoms with Gasteiger partial charge in [-0.1, -0.05) is 12.0 Å². The molecule has 0 saturated carbocycles. The van der Waals surface area contributed by atoms with Crippen LogP contribution in [0, 0.1) is 26.2 Å². The fourth-order valence-corrected chi connectivity index (χ4v) is 3.21. The van der Waals surface area contributed by atoms with E-state index in [1.54, 1.807) is 0 Å². The Morgan fingerprint density at radius 1 is 1.22 bits per heavy atom. The second kappa shape index (κ2) is 8.48. The van der Waals surface area contributed by atoms with Crippen molar-refractivity contribution in [3.8, 4) is 12.3 Å². The summed E-state index contributed by atoms with van der Waals surface area (Å²) in [6.07, 6.45) is 5.04. The van der Waals surface area contributed by atoms with E-state index in [0.29, 0.717) is 0 Å². The first-order valence-corrected chi connectivity index (χ1v) is 9.34. The van der Waals surface area contributed by atoms with Crippen molar-refractivity contribution in [2.24, 2.45) is 0 Å². The molecule has 1 aromatic heterocycles. The molecule has 0 atom stereocenters. The van der Waals surface area contributed by atoms with Gasteiger partial charge in [0.15, 0.2) is 0 Å². The molecule has 1 heterocycles. The van der Waals surface area contributed by atoms with E-state index >= 15 is 0 Å². The Morgan fingerprint density at radius 2 is 1.96 bits per heavy atom. The Labute approximate surface area is 157 Å². The molecule has 0 radical (unpaired) electrons. The normalized spacial score (nSPS) is 10.9. The number of hydrazine groups is 1. The van der Waals surface area contributed by atoms with E-state index in [1.807, 2.05) is 19.9 Å². The maximum Gasteiger partial charge on any atom is 0.269 e. The average molecular weight is 389 g/mol. The van der Waals surface area contributed by atoms with Crippen molar-refractivity contribution >= 4 is 21.8 Å². The molecule has 1 aromatic carbocycles. The Kier molecular flexibility index (Phi) is 6.33. The highest BCUT2D eigenvalue weighted by atomic mass is 32.2. The predicted molar refractivity (Wildman–Crippen MR) is 97.8 cm³/mol. The Hall–Kier alpha value is -3.16. The lowest BCUT2D eigenvalue weighted by molar-refractivity contribution is -0.122. The molecule has 0 spiro atoms. The first kappa shape index (κ1) is 20.2. The number of carbonyl (C=O) groups is 2. The number of nitrogens with zero attached hydrogens (tertiary/aromatic N) is 2. The van der Waals surface area contributed by atoms with Gasteiger partial charge >= 0.3 is 0 Å². The summed E-state index contributed by atoms with van der Waals surface area (Å²) in [6, 6.07) is 7.17. The minimum atomic E-state index is -3.82. The quantitative estimate of drug-likeness (QED) is 0.469. The third-order valence-electron chi connectivity index (χ3n) is 3.48. The van der Waals surface area contributed by atoms with E-state index in [1.165, 1.54) is 28.9 Å². The van der Waals surface area contributed by atoms with E-state index in [-0.39, 0.29) is 23.5 Å². The number of hydrogen-bond acceptors (Lipinski definition) is 5. The monoisotopic (exact) mass is 389 g/mol. The molecule has 142 valence electrons. The second-order valence-electron chi connectivity index (χ2n) is 5.64. The van der Waals surface area contributed by atoms with Gasteiger partial charge in [0.05, 0.1) is 17.1 Å². The largest absolute Gasteiger partial charge is 0.271 e. The summed E-state index contributed by atoms with van der Waals surface area (Å²) in [5.74, 6) is 1.03. The van der Waals surface area contributed by atoms with Crippen LogP contribution in [0.15, 0.2) is 35.2 Å². The van der Waals surface area contributed by atoms with E-state index in [4.69, 9.17) is 6.42 Å². The first-order valence-electron chi connectivity index (χ1n) is 7.86. The van der Waals surface area contributed by atoms with Crippen molar-refractivity contribution < 1.29 is 18.0 Å². The van der Waals surface area contributed by atoms with Crippen LogP contribution in [0.3, 0.4) is 0 Å². The summed E-state index contributed by atoms with van der Waals surface area (Å²) in [5, 5.41) is 4.15. The molecule has 10 heteroatoms. The van der Waals surface area contributed by atoms with Crippen LogP contribution in [-0.2, 0) is 21.4 Å². The number of terminal acetylenes is 1. The zero-order valence-electron chi connectivity index (χ0n) is 14.8. The summed E-state index contributed by atoms with van der Waals surface area (Å²) < 4.78 is 27.8. The summed E-state index contributed by atoms with van der Waals surface area (Å²) in [4.78, 5) is 24.0. The van der Waals surface area contributed by atoms with Gasteiger partial charge in [0.25, 0.3) is 11.8 Å². The molecule has 2 rings (SSSR count). The smallest absolute Gasteiger partial charge is 0.269 e. The van der Waals surface area contributed by atoms with Crippen LogP contribution in [0.1, 0.15) is 21.7 Å². The maximum atomic E-state index is 12.2. The lowest BCUT2D eigenvalue weighted by Crippen LogP contribution is -2.43. The van der Waals surface area contributed by atoms with Crippen LogP contribution in [0.5, 0.6) is 0 Å². The average Bonchev–Trinajstić information content (AvgIpc) is 2.95. The van der Waals surface area contributed by atoms with Gasteiger partial charge in [0.1, 0.15) is 6.54 Å². The van der Waals surface area contributed by atoms with Crippen LogP contribution in [-0.4, -0.2) is 36.6 Å². The molecule has 2 amide bonds. The lowest BCUT2D eigenvalue weighted by atomic mass is 10.2. The van der Waals surface area contributed by atoms with E-state index in [9.17, 15) is 18.0 Å². The van der Waals surface area contributed by atoms with Crippen molar-refractivity contribution in [2.75, 3.05) is 6.54 Å². The highest BCUT2D eigenvalue weighted by Gasteiger charge is 2.16. The molecule has 0 fully saturated rings. The maximum absolute atomic E-state index is 12.2.